The summed E-state index contributed by atoms with van der Waals surface area (Å²) in [4.78, 5) is 12.4. The lowest BCUT2D eigenvalue weighted by molar-refractivity contribution is -0.123. The van der Waals surface area contributed by atoms with Crippen LogP contribution in [0.25, 0.3) is 0 Å². The normalized spacial score (nSPS) is 17.9. The molecule has 1 aliphatic heterocycles. The van der Waals surface area contributed by atoms with Gasteiger partial charge < -0.3 is 4.74 Å². The number of carbonyl (C=O) groups is 1. The number of rotatable bonds is 5. The monoisotopic (exact) mass is 438 g/mol. The average molecular weight is 439 g/mol. The Morgan fingerprint density at radius 1 is 1.10 bits per heavy atom. The van der Waals surface area contributed by atoms with Gasteiger partial charge in [-0.25, -0.2) is 21.1 Å². The first-order valence-corrected chi connectivity index (χ1v) is 11.8. The summed E-state index contributed by atoms with van der Waals surface area (Å²) in [5.41, 5.74) is 0.204. The molecule has 0 spiro atoms. The number of aryl methyl sites for hydroxylation is 1. The molecule has 0 bridgehead atoms. The minimum atomic E-state index is -3.95. The first-order valence-electron chi connectivity index (χ1n) is 8.72. The molecule has 0 atom stereocenters. The van der Waals surface area contributed by atoms with Gasteiger partial charge in [0.2, 0.25) is 15.9 Å². The number of anilines is 2. The van der Waals surface area contributed by atoms with Crippen molar-refractivity contribution in [2.24, 2.45) is 5.41 Å². The van der Waals surface area contributed by atoms with E-state index in [1.54, 1.807) is 32.0 Å². The van der Waals surface area contributed by atoms with E-state index in [0.29, 0.717) is 5.75 Å². The average Bonchev–Trinajstić information content (AvgIpc) is 2.77. The van der Waals surface area contributed by atoms with E-state index >= 15 is 0 Å². The summed E-state index contributed by atoms with van der Waals surface area (Å²) >= 11 is 0. The van der Waals surface area contributed by atoms with Gasteiger partial charge in [0.05, 0.1) is 34.5 Å². The Bertz CT molecular complexity index is 1170. The molecule has 1 heterocycles. The molecular weight excluding hydrogens is 416 g/mol. The maximum atomic E-state index is 12.7. The standard InChI is InChI=1S/C19H22N2O6S2/c1-13-5-10-17(27-4)16(11-13)20-29(25,26)15-8-6-14(7-9-15)21-18(22)19(2,3)12-28(21,23)24/h5-11,20H,12H2,1-4H3. The number of methoxy groups -OCH3 is 1. The van der Waals surface area contributed by atoms with Gasteiger partial charge in [0.1, 0.15) is 5.75 Å². The van der Waals surface area contributed by atoms with E-state index < -0.39 is 31.4 Å². The molecule has 1 fully saturated rings. The van der Waals surface area contributed by atoms with Crippen molar-refractivity contribution in [1.82, 2.24) is 0 Å². The first kappa shape index (κ1) is 21.1. The zero-order chi connectivity index (χ0) is 21.6. The van der Waals surface area contributed by atoms with Crippen molar-refractivity contribution in [3.63, 3.8) is 0 Å². The van der Waals surface area contributed by atoms with Gasteiger partial charge in [-0.2, -0.15) is 0 Å². The lowest BCUT2D eigenvalue weighted by atomic mass is 9.95. The van der Waals surface area contributed by atoms with Crippen molar-refractivity contribution in [3.05, 3.63) is 48.0 Å². The van der Waals surface area contributed by atoms with Crippen LogP contribution in [0.5, 0.6) is 5.75 Å². The fourth-order valence-electron chi connectivity index (χ4n) is 3.13. The second kappa shape index (κ2) is 7.03. The summed E-state index contributed by atoms with van der Waals surface area (Å²) in [7, 11) is -6.32. The van der Waals surface area contributed by atoms with Crippen molar-refractivity contribution >= 4 is 37.3 Å². The third kappa shape index (κ3) is 3.95. The van der Waals surface area contributed by atoms with E-state index in [-0.39, 0.29) is 22.0 Å². The molecule has 156 valence electrons. The second-order valence-electron chi connectivity index (χ2n) is 7.51. The molecule has 10 heteroatoms. The SMILES string of the molecule is COc1ccc(C)cc1NS(=O)(=O)c1ccc(N2C(=O)C(C)(C)CS2(=O)=O)cc1. The lowest BCUT2D eigenvalue weighted by Crippen LogP contribution is -2.32. The number of sulfonamides is 2. The molecule has 1 saturated heterocycles. The Hall–Kier alpha value is -2.59. The highest BCUT2D eigenvalue weighted by molar-refractivity contribution is 7.94. The quantitative estimate of drug-likeness (QED) is 0.768. The number of hydrogen-bond donors (Lipinski definition) is 1. The van der Waals surface area contributed by atoms with Gasteiger partial charge in [0.15, 0.2) is 0 Å². The lowest BCUT2D eigenvalue weighted by Gasteiger charge is -2.18. The summed E-state index contributed by atoms with van der Waals surface area (Å²) < 4.78 is 58.6. The molecule has 2 aromatic carbocycles. The van der Waals surface area contributed by atoms with Crippen molar-refractivity contribution in [2.75, 3.05) is 21.9 Å². The van der Waals surface area contributed by atoms with Crippen molar-refractivity contribution in [2.45, 2.75) is 25.7 Å². The second-order valence-corrected chi connectivity index (χ2v) is 11.0. The van der Waals surface area contributed by atoms with Crippen LogP contribution in [0.2, 0.25) is 0 Å². The predicted molar refractivity (Wildman–Crippen MR) is 110 cm³/mol. The molecule has 0 radical (unpaired) electrons. The summed E-state index contributed by atoms with van der Waals surface area (Å²) in [6, 6.07) is 10.2. The minimum Gasteiger partial charge on any atom is -0.495 e. The van der Waals surface area contributed by atoms with Crippen LogP contribution in [0.4, 0.5) is 11.4 Å². The Kier molecular flexibility index (Phi) is 5.12. The van der Waals surface area contributed by atoms with Gasteiger partial charge in [0, 0.05) is 0 Å². The zero-order valence-electron chi connectivity index (χ0n) is 16.5. The van der Waals surface area contributed by atoms with Gasteiger partial charge in [-0.05, 0) is 62.7 Å². The van der Waals surface area contributed by atoms with Crippen LogP contribution < -0.4 is 13.8 Å². The molecule has 8 nitrogen and oxygen atoms in total. The van der Waals surface area contributed by atoms with Crippen LogP contribution in [-0.4, -0.2) is 35.6 Å². The third-order valence-corrected chi connectivity index (χ3v) is 7.97. The fourth-order valence-corrected chi connectivity index (χ4v) is 6.30. The first-order chi connectivity index (χ1) is 13.4. The van der Waals surface area contributed by atoms with Crippen LogP contribution in [0, 0.1) is 12.3 Å². The van der Waals surface area contributed by atoms with Crippen LogP contribution in [-0.2, 0) is 24.8 Å². The zero-order valence-corrected chi connectivity index (χ0v) is 18.1. The summed E-state index contributed by atoms with van der Waals surface area (Å²) in [6.07, 6.45) is 0. The molecule has 0 aromatic heterocycles. The van der Waals surface area contributed by atoms with Crippen molar-refractivity contribution < 1.29 is 26.4 Å². The predicted octanol–water partition coefficient (Wildman–Crippen LogP) is 2.51. The number of nitrogens with one attached hydrogen (secondary N) is 1. The van der Waals surface area contributed by atoms with Crippen LogP contribution in [0.15, 0.2) is 47.4 Å². The summed E-state index contributed by atoms with van der Waals surface area (Å²) in [5.74, 6) is -0.476. The molecule has 0 unspecified atom stereocenters. The number of hydrogen-bond acceptors (Lipinski definition) is 6. The van der Waals surface area contributed by atoms with Gasteiger partial charge in [-0.15, -0.1) is 0 Å². The Morgan fingerprint density at radius 3 is 2.24 bits per heavy atom. The van der Waals surface area contributed by atoms with Crippen LogP contribution in [0.3, 0.4) is 0 Å². The van der Waals surface area contributed by atoms with Gasteiger partial charge in [0.25, 0.3) is 10.0 Å². The number of carbonyl (C=O) groups excluding carboxylic acids is 1. The molecule has 29 heavy (non-hydrogen) atoms. The maximum absolute atomic E-state index is 12.7. The van der Waals surface area contributed by atoms with Crippen LogP contribution in [0.1, 0.15) is 19.4 Å². The van der Waals surface area contributed by atoms with E-state index in [0.717, 1.165) is 9.87 Å². The van der Waals surface area contributed by atoms with E-state index in [1.165, 1.54) is 31.4 Å². The Morgan fingerprint density at radius 2 is 1.72 bits per heavy atom. The molecular formula is C19H22N2O6S2. The molecule has 1 amide bonds. The molecule has 1 aliphatic rings. The van der Waals surface area contributed by atoms with Crippen molar-refractivity contribution in [3.8, 4) is 5.75 Å². The van der Waals surface area contributed by atoms with Gasteiger partial charge in [-0.3, -0.25) is 9.52 Å². The Balaban J connectivity index is 1.92. The molecule has 3 rings (SSSR count). The maximum Gasteiger partial charge on any atom is 0.262 e. The van der Waals surface area contributed by atoms with Crippen molar-refractivity contribution in [1.29, 1.82) is 0 Å². The van der Waals surface area contributed by atoms with E-state index in [9.17, 15) is 21.6 Å². The fraction of sp³-hybridized carbons (Fsp3) is 0.316. The van der Waals surface area contributed by atoms with E-state index in [4.69, 9.17) is 4.74 Å². The third-order valence-electron chi connectivity index (χ3n) is 4.57. The number of ether oxygens (including phenoxy) is 1. The molecule has 0 saturated carbocycles. The van der Waals surface area contributed by atoms with Gasteiger partial charge in [-0.1, -0.05) is 6.07 Å². The highest BCUT2D eigenvalue weighted by atomic mass is 32.2. The van der Waals surface area contributed by atoms with E-state index in [1.807, 2.05) is 6.92 Å². The van der Waals surface area contributed by atoms with Gasteiger partial charge >= 0.3 is 0 Å². The highest BCUT2D eigenvalue weighted by Gasteiger charge is 2.49. The smallest absolute Gasteiger partial charge is 0.262 e. The highest BCUT2D eigenvalue weighted by Crippen LogP contribution is 2.36. The Labute approximate surface area is 170 Å². The number of amides is 1. The summed E-state index contributed by atoms with van der Waals surface area (Å²) in [6.45, 7) is 4.94. The van der Waals surface area contributed by atoms with E-state index in [2.05, 4.69) is 4.72 Å². The largest absolute Gasteiger partial charge is 0.495 e. The molecule has 2 aromatic rings. The topological polar surface area (TPSA) is 110 Å². The molecule has 1 N–H and O–H groups in total. The molecule has 0 aliphatic carbocycles. The minimum absolute atomic E-state index is 0.0758. The summed E-state index contributed by atoms with van der Waals surface area (Å²) in [5, 5.41) is 0. The van der Waals surface area contributed by atoms with Crippen LogP contribution >= 0.6 is 0 Å². The number of nitrogens with zero attached hydrogens (tertiary/aromatic N) is 1. The number of benzene rings is 2.